The van der Waals surface area contributed by atoms with Crippen molar-refractivity contribution in [3.05, 3.63) is 35.4 Å². The summed E-state index contributed by atoms with van der Waals surface area (Å²) in [6.45, 7) is 4.93. The molecule has 0 aromatic heterocycles. The molecular weight excluding hydrogens is 200 g/mol. The predicted octanol–water partition coefficient (Wildman–Crippen LogP) is 1.97. The molecule has 0 radical (unpaired) electrons. The van der Waals surface area contributed by atoms with Crippen LogP contribution in [0.25, 0.3) is 0 Å². The number of hydrogen-bond acceptors (Lipinski definition) is 3. The van der Waals surface area contributed by atoms with Crippen LogP contribution >= 0.6 is 0 Å². The minimum absolute atomic E-state index is 0.237. The maximum Gasteiger partial charge on any atom is 0.117 e. The molecule has 3 nitrogen and oxygen atoms in total. The molecule has 0 aliphatic rings. The van der Waals surface area contributed by atoms with Gasteiger partial charge in [0, 0.05) is 19.7 Å². The third-order valence-corrected chi connectivity index (χ3v) is 2.76. The lowest BCUT2D eigenvalue weighted by Crippen LogP contribution is -2.37. The normalized spacial score (nSPS) is 14.8. The molecule has 1 rings (SSSR count). The van der Waals surface area contributed by atoms with E-state index in [0.717, 1.165) is 6.42 Å². The quantitative estimate of drug-likeness (QED) is 0.723. The molecule has 0 fully saturated rings. The van der Waals surface area contributed by atoms with Crippen LogP contribution in [0.1, 0.15) is 30.5 Å². The summed E-state index contributed by atoms with van der Waals surface area (Å²) in [5.74, 6) is 0. The summed E-state index contributed by atoms with van der Waals surface area (Å²) in [6, 6.07) is 8.94. The first kappa shape index (κ1) is 13.2. The van der Waals surface area contributed by atoms with Crippen molar-refractivity contribution in [2.24, 2.45) is 5.73 Å². The molecule has 0 bridgehead atoms. The molecule has 0 aliphatic carbocycles. The largest absolute Gasteiger partial charge is 0.365 e. The smallest absolute Gasteiger partial charge is 0.117 e. The zero-order chi connectivity index (χ0) is 12.0. The Morgan fingerprint density at radius 3 is 2.44 bits per heavy atom. The molecule has 0 saturated carbocycles. The first-order valence-electron chi connectivity index (χ1n) is 5.75. The van der Waals surface area contributed by atoms with E-state index in [1.54, 1.807) is 7.11 Å². The van der Waals surface area contributed by atoms with E-state index in [0.29, 0.717) is 12.6 Å². The molecule has 2 unspecified atom stereocenters. The van der Waals surface area contributed by atoms with Gasteiger partial charge in [0.25, 0.3) is 0 Å². The van der Waals surface area contributed by atoms with Crippen LogP contribution in [-0.2, 0) is 4.74 Å². The number of nitrogens with two attached hydrogens (primary N) is 1. The fraction of sp³-hybridized carbons (Fsp3) is 0.538. The minimum Gasteiger partial charge on any atom is -0.365 e. The Labute approximate surface area is 98.0 Å². The Morgan fingerprint density at radius 1 is 1.31 bits per heavy atom. The Hall–Kier alpha value is -0.900. The number of nitrogens with one attached hydrogen (secondary N) is 1. The highest BCUT2D eigenvalue weighted by atomic mass is 16.5. The number of hydrogen-bond donors (Lipinski definition) is 2. The second-order valence-corrected chi connectivity index (χ2v) is 4.05. The molecule has 0 heterocycles. The van der Waals surface area contributed by atoms with E-state index in [1.165, 1.54) is 11.1 Å². The van der Waals surface area contributed by atoms with Crippen LogP contribution in [0.15, 0.2) is 24.3 Å². The van der Waals surface area contributed by atoms with E-state index in [-0.39, 0.29) is 6.23 Å². The monoisotopic (exact) mass is 222 g/mol. The molecule has 0 aliphatic heterocycles. The summed E-state index contributed by atoms with van der Waals surface area (Å²) in [7, 11) is 1.62. The highest BCUT2D eigenvalue weighted by Crippen LogP contribution is 2.16. The number of rotatable bonds is 6. The molecular formula is C13H22N2O. The van der Waals surface area contributed by atoms with Gasteiger partial charge in [0.1, 0.15) is 6.23 Å². The van der Waals surface area contributed by atoms with Gasteiger partial charge < -0.3 is 15.8 Å². The molecule has 0 amide bonds. The average molecular weight is 222 g/mol. The molecule has 2 atom stereocenters. The molecule has 16 heavy (non-hydrogen) atoms. The van der Waals surface area contributed by atoms with E-state index in [9.17, 15) is 0 Å². The lowest BCUT2D eigenvalue weighted by molar-refractivity contribution is 0.104. The van der Waals surface area contributed by atoms with Crippen molar-refractivity contribution in [2.45, 2.75) is 32.5 Å². The summed E-state index contributed by atoms with van der Waals surface area (Å²) in [5.41, 5.74) is 8.28. The molecule has 0 saturated heterocycles. The highest BCUT2D eigenvalue weighted by Gasteiger charge is 2.09. The van der Waals surface area contributed by atoms with E-state index < -0.39 is 0 Å². The molecule has 90 valence electrons. The second kappa shape index (κ2) is 6.63. The van der Waals surface area contributed by atoms with Crippen molar-refractivity contribution in [2.75, 3.05) is 13.7 Å². The predicted molar refractivity (Wildman–Crippen MR) is 67.2 cm³/mol. The minimum atomic E-state index is -0.237. The van der Waals surface area contributed by atoms with Gasteiger partial charge in [-0.1, -0.05) is 36.8 Å². The van der Waals surface area contributed by atoms with Gasteiger partial charge in [-0.05, 0) is 18.9 Å². The topological polar surface area (TPSA) is 47.3 Å². The zero-order valence-corrected chi connectivity index (χ0v) is 10.4. The van der Waals surface area contributed by atoms with Gasteiger partial charge in [-0.3, -0.25) is 0 Å². The van der Waals surface area contributed by atoms with Crippen LogP contribution in [0.4, 0.5) is 0 Å². The van der Waals surface area contributed by atoms with E-state index >= 15 is 0 Å². The fourth-order valence-corrected chi connectivity index (χ4v) is 1.64. The summed E-state index contributed by atoms with van der Waals surface area (Å²) < 4.78 is 5.02. The van der Waals surface area contributed by atoms with Gasteiger partial charge in [-0.15, -0.1) is 0 Å². The van der Waals surface area contributed by atoms with Crippen LogP contribution in [0.3, 0.4) is 0 Å². The highest BCUT2D eigenvalue weighted by molar-refractivity contribution is 5.24. The van der Waals surface area contributed by atoms with Crippen LogP contribution in [0.2, 0.25) is 0 Å². The van der Waals surface area contributed by atoms with Crippen LogP contribution in [-0.4, -0.2) is 19.9 Å². The van der Waals surface area contributed by atoms with Crippen LogP contribution < -0.4 is 11.1 Å². The van der Waals surface area contributed by atoms with Gasteiger partial charge in [0.15, 0.2) is 0 Å². The Balaban J connectivity index is 2.57. The number of benzene rings is 1. The van der Waals surface area contributed by atoms with Gasteiger partial charge in [-0.25, -0.2) is 0 Å². The van der Waals surface area contributed by atoms with Gasteiger partial charge in [-0.2, -0.15) is 0 Å². The standard InChI is InChI=1S/C13H22N2O/c1-4-12(15-9-13(14)16-3)11-7-5-10(2)6-8-11/h5-8,12-13,15H,4,9,14H2,1-3H3. The van der Waals surface area contributed by atoms with Crippen molar-refractivity contribution in [1.82, 2.24) is 5.32 Å². The molecule has 3 heteroatoms. The van der Waals surface area contributed by atoms with Gasteiger partial charge >= 0.3 is 0 Å². The molecule has 3 N–H and O–H groups in total. The van der Waals surface area contributed by atoms with Crippen LogP contribution in [0, 0.1) is 6.92 Å². The van der Waals surface area contributed by atoms with Crippen molar-refractivity contribution >= 4 is 0 Å². The van der Waals surface area contributed by atoms with Crippen molar-refractivity contribution < 1.29 is 4.74 Å². The summed E-state index contributed by atoms with van der Waals surface area (Å²) >= 11 is 0. The Bertz CT molecular complexity index is 297. The first-order chi connectivity index (χ1) is 7.67. The third-order valence-electron chi connectivity index (χ3n) is 2.76. The van der Waals surface area contributed by atoms with E-state index in [1.807, 2.05) is 0 Å². The zero-order valence-electron chi connectivity index (χ0n) is 10.4. The Morgan fingerprint density at radius 2 is 1.94 bits per heavy atom. The number of methoxy groups -OCH3 is 1. The third kappa shape index (κ3) is 3.93. The van der Waals surface area contributed by atoms with E-state index in [2.05, 4.69) is 43.4 Å². The summed E-state index contributed by atoms with van der Waals surface area (Å²) in [6.07, 6.45) is 0.805. The molecule has 1 aromatic rings. The van der Waals surface area contributed by atoms with Crippen LogP contribution in [0.5, 0.6) is 0 Å². The average Bonchev–Trinajstić information content (AvgIpc) is 2.31. The summed E-state index contributed by atoms with van der Waals surface area (Å²) in [5, 5.41) is 3.41. The number of ether oxygens (including phenoxy) is 1. The van der Waals surface area contributed by atoms with Gasteiger partial charge in [0.05, 0.1) is 0 Å². The molecule has 1 aromatic carbocycles. The SMILES string of the molecule is CCC(NCC(N)OC)c1ccc(C)cc1. The Kier molecular flexibility index (Phi) is 5.46. The lowest BCUT2D eigenvalue weighted by Gasteiger charge is -2.19. The summed E-state index contributed by atoms with van der Waals surface area (Å²) in [4.78, 5) is 0. The van der Waals surface area contributed by atoms with E-state index in [4.69, 9.17) is 10.5 Å². The number of aryl methyl sites for hydroxylation is 1. The van der Waals surface area contributed by atoms with Crippen molar-refractivity contribution in [1.29, 1.82) is 0 Å². The van der Waals surface area contributed by atoms with Gasteiger partial charge in [0.2, 0.25) is 0 Å². The first-order valence-corrected chi connectivity index (χ1v) is 5.75. The maximum atomic E-state index is 5.69. The maximum absolute atomic E-state index is 5.69. The van der Waals surface area contributed by atoms with Crippen molar-refractivity contribution in [3.8, 4) is 0 Å². The lowest BCUT2D eigenvalue weighted by atomic mass is 10.0. The fourth-order valence-electron chi connectivity index (χ4n) is 1.64. The molecule has 0 spiro atoms. The van der Waals surface area contributed by atoms with Crippen molar-refractivity contribution in [3.63, 3.8) is 0 Å². The second-order valence-electron chi connectivity index (χ2n) is 4.05.